The Kier molecular flexibility index (Phi) is 7.33. The molecule has 0 fully saturated rings. The molecule has 3 rings (SSSR count). The zero-order valence-electron chi connectivity index (χ0n) is 18.3. The molecular weight excluding hydrogens is 406 g/mol. The summed E-state index contributed by atoms with van der Waals surface area (Å²) in [5, 5.41) is 2.72. The number of esters is 1. The molecule has 1 heterocycles. The van der Waals surface area contributed by atoms with Crippen molar-refractivity contribution in [3.63, 3.8) is 0 Å². The number of benzene rings is 2. The molecule has 0 aliphatic rings. The summed E-state index contributed by atoms with van der Waals surface area (Å²) in [5.41, 5.74) is 4.21. The van der Waals surface area contributed by atoms with Gasteiger partial charge in [0, 0.05) is 18.3 Å². The summed E-state index contributed by atoms with van der Waals surface area (Å²) >= 11 is 0. The molecule has 0 atom stereocenters. The van der Waals surface area contributed by atoms with E-state index in [1.54, 1.807) is 31.2 Å². The van der Waals surface area contributed by atoms with E-state index in [0.29, 0.717) is 11.4 Å². The second-order valence-electron chi connectivity index (χ2n) is 7.44. The topological polar surface area (TPSA) is 88.6 Å². The number of rotatable bonds is 7. The first-order valence-electron chi connectivity index (χ1n) is 10.1. The van der Waals surface area contributed by atoms with Crippen LogP contribution >= 0.6 is 0 Å². The van der Waals surface area contributed by atoms with Gasteiger partial charge >= 0.3 is 5.97 Å². The molecule has 1 aromatic heterocycles. The number of carbonyl (C=O) groups is 3. The molecular formula is C25H25N3O4. The number of ether oxygens (including phenoxy) is 1. The number of hydrogen-bond acceptors (Lipinski definition) is 5. The van der Waals surface area contributed by atoms with Crippen molar-refractivity contribution in [2.45, 2.75) is 13.8 Å². The molecule has 0 aliphatic heterocycles. The maximum absolute atomic E-state index is 12.4. The van der Waals surface area contributed by atoms with Gasteiger partial charge in [-0.1, -0.05) is 48.0 Å². The van der Waals surface area contributed by atoms with Crippen molar-refractivity contribution in [1.29, 1.82) is 0 Å². The van der Waals surface area contributed by atoms with Crippen molar-refractivity contribution in [2.75, 3.05) is 25.5 Å². The highest BCUT2D eigenvalue weighted by Gasteiger charge is 2.18. The maximum atomic E-state index is 12.4. The summed E-state index contributed by atoms with van der Waals surface area (Å²) in [6, 6.07) is 20.3. The quantitative estimate of drug-likeness (QED) is 0.577. The normalized spacial score (nSPS) is 10.3. The molecule has 0 spiro atoms. The van der Waals surface area contributed by atoms with E-state index in [9.17, 15) is 14.4 Å². The van der Waals surface area contributed by atoms with Gasteiger partial charge in [-0.25, -0.2) is 4.79 Å². The molecule has 3 aromatic rings. The summed E-state index contributed by atoms with van der Waals surface area (Å²) in [4.78, 5) is 42.5. The van der Waals surface area contributed by atoms with E-state index in [-0.39, 0.29) is 18.0 Å². The van der Waals surface area contributed by atoms with Gasteiger partial charge in [0.25, 0.3) is 5.91 Å². The van der Waals surface area contributed by atoms with Crippen LogP contribution in [-0.2, 0) is 14.3 Å². The van der Waals surface area contributed by atoms with Crippen LogP contribution in [0.2, 0.25) is 0 Å². The second kappa shape index (κ2) is 10.3. The Balaban J connectivity index is 1.52. The fraction of sp³-hybridized carbons (Fsp3) is 0.200. The molecule has 0 radical (unpaired) electrons. The van der Waals surface area contributed by atoms with E-state index in [1.807, 2.05) is 49.4 Å². The molecule has 7 nitrogen and oxygen atoms in total. The van der Waals surface area contributed by atoms with Gasteiger partial charge in [0.2, 0.25) is 5.91 Å². The number of nitrogens with one attached hydrogen (secondary N) is 1. The minimum atomic E-state index is -0.638. The van der Waals surface area contributed by atoms with Crippen molar-refractivity contribution in [3.8, 4) is 11.3 Å². The highest BCUT2D eigenvalue weighted by molar-refractivity contribution is 5.95. The third-order valence-electron chi connectivity index (χ3n) is 4.84. The first kappa shape index (κ1) is 22.7. The summed E-state index contributed by atoms with van der Waals surface area (Å²) in [7, 11) is 1.48. The van der Waals surface area contributed by atoms with Crippen LogP contribution < -0.4 is 5.32 Å². The zero-order chi connectivity index (χ0) is 23.1. The first-order valence-corrected chi connectivity index (χ1v) is 10.1. The maximum Gasteiger partial charge on any atom is 0.340 e. The summed E-state index contributed by atoms with van der Waals surface area (Å²) in [5.74, 6) is -1.46. The number of hydrogen-bond donors (Lipinski definition) is 1. The lowest BCUT2D eigenvalue weighted by Gasteiger charge is -2.17. The van der Waals surface area contributed by atoms with Crippen LogP contribution in [0.3, 0.4) is 0 Å². The van der Waals surface area contributed by atoms with Gasteiger partial charge in [-0.3, -0.25) is 14.6 Å². The Morgan fingerprint density at radius 3 is 2.28 bits per heavy atom. The van der Waals surface area contributed by atoms with Crippen molar-refractivity contribution >= 4 is 23.5 Å². The Morgan fingerprint density at radius 2 is 1.62 bits per heavy atom. The van der Waals surface area contributed by atoms with Gasteiger partial charge in [0.15, 0.2) is 6.61 Å². The van der Waals surface area contributed by atoms with Gasteiger partial charge < -0.3 is 15.0 Å². The van der Waals surface area contributed by atoms with Crippen LogP contribution in [0.1, 0.15) is 21.6 Å². The molecule has 164 valence electrons. The third-order valence-corrected chi connectivity index (χ3v) is 4.84. The molecule has 0 unspecified atom stereocenters. The monoisotopic (exact) mass is 431 g/mol. The predicted octanol–water partition coefficient (Wildman–Crippen LogP) is 3.62. The number of nitrogens with zero attached hydrogens (tertiary/aromatic N) is 2. The second-order valence-corrected chi connectivity index (χ2v) is 7.44. The summed E-state index contributed by atoms with van der Waals surface area (Å²) < 4.78 is 5.15. The number of amides is 2. The SMILES string of the molecule is Cc1ccc(NC(=O)CN(C)C(=O)COC(=O)c2ccc(-c3ccccc3)nc2C)cc1. The minimum Gasteiger partial charge on any atom is -0.452 e. The number of anilines is 1. The molecule has 1 N–H and O–H groups in total. The number of aryl methyl sites for hydroxylation is 2. The van der Waals surface area contributed by atoms with Crippen molar-refractivity contribution in [3.05, 3.63) is 83.6 Å². The van der Waals surface area contributed by atoms with Gasteiger partial charge in [-0.05, 0) is 38.1 Å². The first-order chi connectivity index (χ1) is 15.3. The smallest absolute Gasteiger partial charge is 0.340 e. The Morgan fingerprint density at radius 1 is 0.938 bits per heavy atom. The Hall–Kier alpha value is -4.00. The lowest BCUT2D eigenvalue weighted by molar-refractivity contribution is -0.136. The molecule has 7 heteroatoms. The fourth-order valence-electron chi connectivity index (χ4n) is 3.00. The Labute approximate surface area is 187 Å². The average molecular weight is 431 g/mol. The lowest BCUT2D eigenvalue weighted by Crippen LogP contribution is -2.37. The molecule has 2 aromatic carbocycles. The van der Waals surface area contributed by atoms with Crippen LogP contribution in [0.4, 0.5) is 5.69 Å². The molecule has 0 saturated heterocycles. The number of likely N-dealkylation sites (N-methyl/N-ethyl adjacent to an activating group) is 1. The fourth-order valence-corrected chi connectivity index (χ4v) is 3.00. The van der Waals surface area contributed by atoms with E-state index in [2.05, 4.69) is 10.3 Å². The highest BCUT2D eigenvalue weighted by atomic mass is 16.5. The number of carbonyl (C=O) groups excluding carboxylic acids is 3. The zero-order valence-corrected chi connectivity index (χ0v) is 18.3. The van der Waals surface area contributed by atoms with Crippen LogP contribution in [-0.4, -0.2) is 47.9 Å². The van der Waals surface area contributed by atoms with Gasteiger partial charge in [-0.15, -0.1) is 0 Å². The summed E-state index contributed by atoms with van der Waals surface area (Å²) in [6.45, 7) is 3.05. The average Bonchev–Trinajstić information content (AvgIpc) is 2.79. The molecule has 0 bridgehead atoms. The lowest BCUT2D eigenvalue weighted by atomic mass is 10.1. The van der Waals surface area contributed by atoms with Crippen LogP contribution in [0.25, 0.3) is 11.3 Å². The standard InChI is InChI=1S/C25H25N3O4/c1-17-9-11-20(12-10-17)27-23(29)15-28(3)24(30)16-32-25(31)21-13-14-22(26-18(21)2)19-7-5-4-6-8-19/h4-14H,15-16H2,1-3H3,(H,27,29). The van der Waals surface area contributed by atoms with E-state index in [0.717, 1.165) is 16.8 Å². The predicted molar refractivity (Wildman–Crippen MR) is 122 cm³/mol. The van der Waals surface area contributed by atoms with Gasteiger partial charge in [0.05, 0.1) is 23.5 Å². The minimum absolute atomic E-state index is 0.156. The largest absolute Gasteiger partial charge is 0.452 e. The van der Waals surface area contributed by atoms with Crippen LogP contribution in [0.5, 0.6) is 0 Å². The van der Waals surface area contributed by atoms with Crippen molar-refractivity contribution in [2.24, 2.45) is 0 Å². The number of aromatic nitrogens is 1. The van der Waals surface area contributed by atoms with Crippen molar-refractivity contribution in [1.82, 2.24) is 9.88 Å². The van der Waals surface area contributed by atoms with Gasteiger partial charge in [-0.2, -0.15) is 0 Å². The molecule has 2 amide bonds. The van der Waals surface area contributed by atoms with E-state index >= 15 is 0 Å². The van der Waals surface area contributed by atoms with Crippen LogP contribution in [0, 0.1) is 13.8 Å². The van der Waals surface area contributed by atoms with E-state index < -0.39 is 18.5 Å². The molecule has 32 heavy (non-hydrogen) atoms. The summed E-state index contributed by atoms with van der Waals surface area (Å²) in [6.07, 6.45) is 0. The molecule has 0 saturated carbocycles. The van der Waals surface area contributed by atoms with Crippen LogP contribution in [0.15, 0.2) is 66.7 Å². The van der Waals surface area contributed by atoms with E-state index in [1.165, 1.54) is 11.9 Å². The molecule has 0 aliphatic carbocycles. The van der Waals surface area contributed by atoms with Gasteiger partial charge in [0.1, 0.15) is 0 Å². The van der Waals surface area contributed by atoms with Crippen molar-refractivity contribution < 1.29 is 19.1 Å². The number of pyridine rings is 1. The highest BCUT2D eigenvalue weighted by Crippen LogP contribution is 2.19. The third kappa shape index (κ3) is 6.01. The van der Waals surface area contributed by atoms with E-state index in [4.69, 9.17) is 4.74 Å². The Bertz CT molecular complexity index is 1110.